The predicted molar refractivity (Wildman–Crippen MR) is 70.2 cm³/mol. The molecule has 0 aliphatic carbocycles. The Balaban J connectivity index is 0.00000144. The summed E-state index contributed by atoms with van der Waals surface area (Å²) in [5.74, 6) is 0. The zero-order chi connectivity index (χ0) is 11.5. The van der Waals surface area contributed by atoms with Crippen molar-refractivity contribution < 1.29 is 4.92 Å². The predicted octanol–water partition coefficient (Wildman–Crippen LogP) is 1.73. The molecule has 94 valence electrons. The molecule has 1 fully saturated rings. The minimum Gasteiger partial charge on any atom is -0.369 e. The van der Waals surface area contributed by atoms with E-state index in [0.29, 0.717) is 0 Å². The third-order valence-electron chi connectivity index (χ3n) is 2.86. The lowest BCUT2D eigenvalue weighted by Crippen LogP contribution is -2.43. The Morgan fingerprint density at radius 3 is 2.53 bits per heavy atom. The van der Waals surface area contributed by atoms with Crippen LogP contribution in [0.5, 0.6) is 0 Å². The van der Waals surface area contributed by atoms with Gasteiger partial charge in [-0.05, 0) is 19.1 Å². The summed E-state index contributed by atoms with van der Waals surface area (Å²) < 4.78 is 0. The van der Waals surface area contributed by atoms with E-state index < -0.39 is 0 Å². The monoisotopic (exact) mass is 257 g/mol. The Kier molecular flexibility index (Phi) is 4.72. The number of halogens is 1. The van der Waals surface area contributed by atoms with Crippen LogP contribution in [0, 0.1) is 17.0 Å². The normalized spacial score (nSPS) is 15.2. The van der Waals surface area contributed by atoms with E-state index in [4.69, 9.17) is 0 Å². The van der Waals surface area contributed by atoms with Gasteiger partial charge < -0.3 is 10.2 Å². The molecule has 0 amide bonds. The van der Waals surface area contributed by atoms with Crippen molar-refractivity contribution in [2.75, 3.05) is 31.1 Å². The molecular formula is C11H16ClN3O2. The molecule has 1 aromatic carbocycles. The van der Waals surface area contributed by atoms with Crippen molar-refractivity contribution in [1.82, 2.24) is 5.32 Å². The van der Waals surface area contributed by atoms with Crippen LogP contribution in [-0.4, -0.2) is 31.1 Å². The average Bonchev–Trinajstić information content (AvgIpc) is 2.29. The Morgan fingerprint density at radius 2 is 2.00 bits per heavy atom. The molecule has 0 atom stereocenters. The van der Waals surface area contributed by atoms with Crippen molar-refractivity contribution in [2.45, 2.75) is 6.92 Å². The minimum atomic E-state index is -0.336. The molecule has 5 nitrogen and oxygen atoms in total. The molecule has 1 N–H and O–H groups in total. The van der Waals surface area contributed by atoms with E-state index in [9.17, 15) is 10.1 Å². The zero-order valence-corrected chi connectivity index (χ0v) is 10.5. The Morgan fingerprint density at radius 1 is 1.35 bits per heavy atom. The maximum atomic E-state index is 10.7. The number of nitro benzene ring substituents is 1. The maximum absolute atomic E-state index is 10.7. The summed E-state index contributed by atoms with van der Waals surface area (Å²) in [4.78, 5) is 12.6. The van der Waals surface area contributed by atoms with Gasteiger partial charge in [0.25, 0.3) is 5.69 Å². The molecule has 1 aromatic rings. The van der Waals surface area contributed by atoms with Gasteiger partial charge in [0.2, 0.25) is 0 Å². The van der Waals surface area contributed by atoms with Gasteiger partial charge in [-0.3, -0.25) is 10.1 Å². The average molecular weight is 258 g/mol. The molecule has 2 rings (SSSR count). The number of aryl methyl sites for hydroxylation is 1. The fourth-order valence-corrected chi connectivity index (χ4v) is 1.96. The summed E-state index contributed by atoms with van der Waals surface area (Å²) in [5, 5.41) is 14.0. The van der Waals surface area contributed by atoms with Crippen LogP contribution in [0.25, 0.3) is 0 Å². The van der Waals surface area contributed by atoms with Crippen LogP contribution in [0.15, 0.2) is 18.2 Å². The van der Waals surface area contributed by atoms with E-state index in [2.05, 4.69) is 10.2 Å². The van der Waals surface area contributed by atoms with Gasteiger partial charge in [0.1, 0.15) is 0 Å². The van der Waals surface area contributed by atoms with Gasteiger partial charge in [-0.25, -0.2) is 0 Å². The summed E-state index contributed by atoms with van der Waals surface area (Å²) in [6.45, 7) is 5.63. The lowest BCUT2D eigenvalue weighted by molar-refractivity contribution is -0.385. The molecule has 1 saturated heterocycles. The molecule has 6 heteroatoms. The van der Waals surface area contributed by atoms with Crippen molar-refractivity contribution >= 4 is 23.8 Å². The number of piperazine rings is 1. The first-order valence-electron chi connectivity index (χ1n) is 5.39. The van der Waals surface area contributed by atoms with E-state index >= 15 is 0 Å². The van der Waals surface area contributed by atoms with E-state index in [-0.39, 0.29) is 23.0 Å². The summed E-state index contributed by atoms with van der Waals surface area (Å²) >= 11 is 0. The van der Waals surface area contributed by atoms with Crippen LogP contribution in [0.3, 0.4) is 0 Å². The number of anilines is 1. The summed E-state index contributed by atoms with van der Waals surface area (Å²) in [5.41, 5.74) is 1.99. The molecule has 0 bridgehead atoms. The molecule has 0 radical (unpaired) electrons. The van der Waals surface area contributed by atoms with Crippen molar-refractivity contribution in [2.24, 2.45) is 0 Å². The first kappa shape index (κ1) is 13.7. The topological polar surface area (TPSA) is 58.4 Å². The molecule has 0 aromatic heterocycles. The van der Waals surface area contributed by atoms with Gasteiger partial charge in [0, 0.05) is 43.5 Å². The van der Waals surface area contributed by atoms with Crippen molar-refractivity contribution in [1.29, 1.82) is 0 Å². The number of nitro groups is 1. The largest absolute Gasteiger partial charge is 0.369 e. The number of rotatable bonds is 2. The van der Waals surface area contributed by atoms with Crippen LogP contribution in [-0.2, 0) is 0 Å². The first-order chi connectivity index (χ1) is 7.68. The fourth-order valence-electron chi connectivity index (χ4n) is 1.96. The van der Waals surface area contributed by atoms with Crippen LogP contribution >= 0.6 is 12.4 Å². The van der Waals surface area contributed by atoms with E-state index in [1.807, 2.05) is 12.1 Å². The van der Waals surface area contributed by atoms with Gasteiger partial charge in [0.15, 0.2) is 0 Å². The Bertz CT molecular complexity index is 406. The van der Waals surface area contributed by atoms with Crippen LogP contribution in [0.1, 0.15) is 5.56 Å². The maximum Gasteiger partial charge on any atom is 0.272 e. The van der Waals surface area contributed by atoms with Crippen LogP contribution in [0.4, 0.5) is 11.4 Å². The molecule has 17 heavy (non-hydrogen) atoms. The smallest absolute Gasteiger partial charge is 0.272 e. The van der Waals surface area contributed by atoms with Gasteiger partial charge in [0.05, 0.1) is 4.92 Å². The number of benzene rings is 1. The number of nitrogens with zero attached hydrogens (tertiary/aromatic N) is 2. The van der Waals surface area contributed by atoms with E-state index in [1.165, 1.54) is 0 Å². The van der Waals surface area contributed by atoms with Crippen LogP contribution in [0.2, 0.25) is 0 Å². The van der Waals surface area contributed by atoms with Gasteiger partial charge >= 0.3 is 0 Å². The molecular weight excluding hydrogens is 242 g/mol. The van der Waals surface area contributed by atoms with Gasteiger partial charge in [-0.1, -0.05) is 0 Å². The highest BCUT2D eigenvalue weighted by Gasteiger charge is 2.14. The highest BCUT2D eigenvalue weighted by Crippen LogP contribution is 2.24. The summed E-state index contributed by atoms with van der Waals surface area (Å²) in [6, 6.07) is 5.31. The highest BCUT2D eigenvalue weighted by molar-refractivity contribution is 5.85. The van der Waals surface area contributed by atoms with E-state index in [0.717, 1.165) is 37.4 Å². The van der Waals surface area contributed by atoms with Crippen molar-refractivity contribution in [3.05, 3.63) is 33.9 Å². The molecule has 0 saturated carbocycles. The van der Waals surface area contributed by atoms with Crippen LogP contribution < -0.4 is 10.2 Å². The van der Waals surface area contributed by atoms with Crippen molar-refractivity contribution in [3.8, 4) is 0 Å². The summed E-state index contributed by atoms with van der Waals surface area (Å²) in [6.07, 6.45) is 0. The van der Waals surface area contributed by atoms with E-state index in [1.54, 1.807) is 13.0 Å². The molecule has 1 aliphatic heterocycles. The second kappa shape index (κ2) is 5.84. The lowest BCUT2D eigenvalue weighted by Gasteiger charge is -2.29. The zero-order valence-electron chi connectivity index (χ0n) is 9.68. The molecule has 0 unspecified atom stereocenters. The third-order valence-corrected chi connectivity index (χ3v) is 2.86. The van der Waals surface area contributed by atoms with Gasteiger partial charge in [-0.15, -0.1) is 12.4 Å². The second-order valence-corrected chi connectivity index (χ2v) is 3.96. The second-order valence-electron chi connectivity index (χ2n) is 3.96. The fraction of sp³-hybridized carbons (Fsp3) is 0.455. The SMILES string of the molecule is Cc1cc(N2CCNCC2)ccc1[N+](=O)[O-].Cl. The van der Waals surface area contributed by atoms with Gasteiger partial charge in [-0.2, -0.15) is 0 Å². The standard InChI is InChI=1S/C11H15N3O2.ClH/c1-9-8-10(2-3-11(9)14(15)16)13-6-4-12-5-7-13;/h2-3,8,12H,4-7H2,1H3;1H. The quantitative estimate of drug-likeness (QED) is 0.648. The number of hydrogen-bond donors (Lipinski definition) is 1. The summed E-state index contributed by atoms with van der Waals surface area (Å²) in [7, 11) is 0. The Hall–Kier alpha value is -1.33. The third kappa shape index (κ3) is 3.08. The molecule has 0 spiro atoms. The minimum absolute atomic E-state index is 0. The lowest BCUT2D eigenvalue weighted by atomic mass is 10.1. The molecule has 1 aliphatic rings. The number of nitrogens with one attached hydrogen (secondary N) is 1. The molecule has 1 heterocycles. The Labute approximate surface area is 106 Å². The number of hydrogen-bond acceptors (Lipinski definition) is 4. The highest BCUT2D eigenvalue weighted by atomic mass is 35.5. The van der Waals surface area contributed by atoms with Crippen molar-refractivity contribution in [3.63, 3.8) is 0 Å². The first-order valence-corrected chi connectivity index (χ1v) is 5.39.